The molecule has 0 aliphatic carbocycles. The van der Waals surface area contributed by atoms with Gasteiger partial charge in [0.1, 0.15) is 36.7 Å². The van der Waals surface area contributed by atoms with Crippen LogP contribution in [0.4, 0.5) is 0 Å². The van der Waals surface area contributed by atoms with Gasteiger partial charge in [0.25, 0.3) is 0 Å². The molecule has 0 amide bonds. The Morgan fingerprint density at radius 1 is 0.737 bits per heavy atom. The highest BCUT2D eigenvalue weighted by molar-refractivity contribution is 5.77. The highest BCUT2D eigenvalue weighted by atomic mass is 16.5. The van der Waals surface area contributed by atoms with Gasteiger partial charge in [0, 0.05) is 11.6 Å². The molecule has 0 aliphatic heterocycles. The average molecular weight is 506 g/mol. The first-order valence-corrected chi connectivity index (χ1v) is 12.9. The van der Waals surface area contributed by atoms with Crippen molar-refractivity contribution in [3.63, 3.8) is 0 Å². The Morgan fingerprint density at radius 2 is 1.32 bits per heavy atom. The van der Waals surface area contributed by atoms with Crippen LogP contribution in [0.3, 0.4) is 0 Å². The Labute approximate surface area is 223 Å². The second kappa shape index (κ2) is 12.3. The van der Waals surface area contributed by atoms with E-state index in [9.17, 15) is 5.11 Å². The molecule has 5 aromatic rings. The fraction of sp³-hybridized carbons (Fsp3) is 0.182. The molecule has 0 radical (unpaired) electrons. The molecule has 1 N–H and O–H groups in total. The van der Waals surface area contributed by atoms with Crippen molar-refractivity contribution in [3.8, 4) is 22.6 Å². The van der Waals surface area contributed by atoms with Crippen LogP contribution in [0.15, 0.2) is 108 Å². The summed E-state index contributed by atoms with van der Waals surface area (Å²) in [5.41, 5.74) is 6.85. The summed E-state index contributed by atoms with van der Waals surface area (Å²) in [6.07, 6.45) is 2.70. The van der Waals surface area contributed by atoms with Crippen molar-refractivity contribution in [1.29, 1.82) is 0 Å². The molecule has 4 aromatic carbocycles. The first kappa shape index (κ1) is 25.3. The molecule has 5 rings (SSSR count). The fourth-order valence-electron chi connectivity index (χ4n) is 4.60. The first-order chi connectivity index (χ1) is 18.7. The van der Waals surface area contributed by atoms with Gasteiger partial charge >= 0.3 is 0 Å². The predicted molar refractivity (Wildman–Crippen MR) is 148 cm³/mol. The Hall–Kier alpha value is -4.35. The van der Waals surface area contributed by atoms with E-state index in [1.165, 1.54) is 6.26 Å². The normalized spacial score (nSPS) is 10.9. The van der Waals surface area contributed by atoms with Gasteiger partial charge in [-0.25, -0.2) is 4.98 Å². The van der Waals surface area contributed by atoms with Crippen LogP contribution in [0.1, 0.15) is 40.8 Å². The molecule has 5 nitrogen and oxygen atoms in total. The largest absolute Gasteiger partial charge is 0.488 e. The molecule has 1 heterocycles. The van der Waals surface area contributed by atoms with Crippen LogP contribution in [-0.4, -0.2) is 10.1 Å². The SMILES string of the molecule is CCc1c(OCc2ccccc2)cc(OCc2ccccc2)c(-c2ccccc2)c1Cc1nc(CO)co1. The highest BCUT2D eigenvalue weighted by Crippen LogP contribution is 2.42. The lowest BCUT2D eigenvalue weighted by Crippen LogP contribution is -2.07. The van der Waals surface area contributed by atoms with Crippen LogP contribution in [0.25, 0.3) is 11.1 Å². The van der Waals surface area contributed by atoms with Gasteiger partial charge in [-0.05, 0) is 34.2 Å². The lowest BCUT2D eigenvalue weighted by atomic mass is 9.90. The van der Waals surface area contributed by atoms with Crippen molar-refractivity contribution < 1.29 is 19.0 Å². The molecule has 0 atom stereocenters. The zero-order valence-corrected chi connectivity index (χ0v) is 21.5. The van der Waals surface area contributed by atoms with Gasteiger partial charge in [0.2, 0.25) is 0 Å². The molecule has 0 fully saturated rings. The minimum atomic E-state index is -0.165. The summed E-state index contributed by atoms with van der Waals surface area (Å²) in [5.74, 6) is 2.06. The van der Waals surface area contributed by atoms with Crippen molar-refractivity contribution in [2.75, 3.05) is 0 Å². The molecular weight excluding hydrogens is 474 g/mol. The number of aromatic nitrogens is 1. The Bertz CT molecular complexity index is 1450. The third-order valence-corrected chi connectivity index (χ3v) is 6.45. The van der Waals surface area contributed by atoms with E-state index in [1.807, 2.05) is 60.7 Å². The van der Waals surface area contributed by atoms with Gasteiger partial charge < -0.3 is 19.0 Å². The van der Waals surface area contributed by atoms with E-state index in [0.717, 1.165) is 51.3 Å². The van der Waals surface area contributed by atoms with E-state index in [4.69, 9.17) is 13.9 Å². The summed E-state index contributed by atoms with van der Waals surface area (Å²) in [4.78, 5) is 4.48. The second-order valence-corrected chi connectivity index (χ2v) is 9.04. The number of aliphatic hydroxyl groups excluding tert-OH is 1. The van der Waals surface area contributed by atoms with Crippen molar-refractivity contribution >= 4 is 0 Å². The zero-order chi connectivity index (χ0) is 26.2. The Kier molecular flexibility index (Phi) is 8.16. The van der Waals surface area contributed by atoms with E-state index >= 15 is 0 Å². The number of hydrogen-bond donors (Lipinski definition) is 1. The molecular formula is C33H31NO4. The van der Waals surface area contributed by atoms with E-state index in [0.29, 0.717) is 31.2 Å². The minimum absolute atomic E-state index is 0.165. The minimum Gasteiger partial charge on any atom is -0.488 e. The predicted octanol–water partition coefficient (Wildman–Crippen LogP) is 7.15. The topological polar surface area (TPSA) is 64.7 Å². The van der Waals surface area contributed by atoms with E-state index in [-0.39, 0.29) is 6.61 Å². The molecule has 5 heteroatoms. The van der Waals surface area contributed by atoms with Crippen molar-refractivity contribution in [2.24, 2.45) is 0 Å². The highest BCUT2D eigenvalue weighted by Gasteiger charge is 2.22. The zero-order valence-electron chi connectivity index (χ0n) is 21.5. The molecule has 0 saturated heterocycles. The molecule has 0 spiro atoms. The van der Waals surface area contributed by atoms with Crippen molar-refractivity contribution in [1.82, 2.24) is 4.98 Å². The monoisotopic (exact) mass is 505 g/mol. The maximum Gasteiger partial charge on any atom is 0.198 e. The summed E-state index contributed by atoms with van der Waals surface area (Å²) >= 11 is 0. The number of rotatable bonds is 11. The molecule has 38 heavy (non-hydrogen) atoms. The molecule has 0 saturated carbocycles. The van der Waals surface area contributed by atoms with Crippen molar-refractivity contribution in [2.45, 2.75) is 39.6 Å². The van der Waals surface area contributed by atoms with Crippen LogP contribution in [0.5, 0.6) is 11.5 Å². The van der Waals surface area contributed by atoms with E-state index < -0.39 is 0 Å². The number of aliphatic hydroxyl groups is 1. The maximum absolute atomic E-state index is 9.53. The number of benzene rings is 4. The van der Waals surface area contributed by atoms with Gasteiger partial charge in [0.05, 0.1) is 13.0 Å². The molecule has 0 aliphatic rings. The van der Waals surface area contributed by atoms with Crippen LogP contribution in [-0.2, 0) is 32.7 Å². The van der Waals surface area contributed by atoms with E-state index in [1.54, 1.807) is 0 Å². The van der Waals surface area contributed by atoms with Crippen LogP contribution in [0.2, 0.25) is 0 Å². The third-order valence-electron chi connectivity index (χ3n) is 6.45. The van der Waals surface area contributed by atoms with Crippen LogP contribution < -0.4 is 9.47 Å². The Balaban J connectivity index is 1.63. The summed E-state index contributed by atoms with van der Waals surface area (Å²) in [5, 5.41) is 9.53. The van der Waals surface area contributed by atoms with Gasteiger partial charge in [-0.2, -0.15) is 0 Å². The van der Waals surface area contributed by atoms with E-state index in [2.05, 4.69) is 48.3 Å². The van der Waals surface area contributed by atoms with Crippen LogP contribution >= 0.6 is 0 Å². The number of nitrogens with zero attached hydrogens (tertiary/aromatic N) is 1. The second-order valence-electron chi connectivity index (χ2n) is 9.04. The number of hydrogen-bond acceptors (Lipinski definition) is 5. The lowest BCUT2D eigenvalue weighted by molar-refractivity contribution is 0.276. The fourth-order valence-corrected chi connectivity index (χ4v) is 4.60. The number of oxazole rings is 1. The molecule has 0 unspecified atom stereocenters. The lowest BCUT2D eigenvalue weighted by Gasteiger charge is -2.22. The third kappa shape index (κ3) is 5.96. The molecule has 1 aromatic heterocycles. The smallest absolute Gasteiger partial charge is 0.198 e. The average Bonchev–Trinajstić information content (AvgIpc) is 3.44. The molecule has 0 bridgehead atoms. The van der Waals surface area contributed by atoms with Crippen LogP contribution in [0, 0.1) is 0 Å². The quantitative estimate of drug-likeness (QED) is 0.207. The van der Waals surface area contributed by atoms with Gasteiger partial charge in [-0.15, -0.1) is 0 Å². The standard InChI is InChI=1S/C33H31NO4/c1-2-28-29(18-32-34-27(20-35)23-38-32)33(26-16-10-5-11-17-26)31(37-22-25-14-8-4-9-15-25)19-30(28)36-21-24-12-6-3-7-13-24/h3-17,19,23,35H,2,18,20-22H2,1H3. The van der Waals surface area contributed by atoms with Gasteiger partial charge in [-0.3, -0.25) is 0 Å². The Morgan fingerprint density at radius 3 is 1.87 bits per heavy atom. The summed E-state index contributed by atoms with van der Waals surface area (Å²) in [7, 11) is 0. The number of ether oxygens (including phenoxy) is 2. The maximum atomic E-state index is 9.53. The summed E-state index contributed by atoms with van der Waals surface area (Å²) in [6, 6.07) is 32.5. The molecule has 192 valence electrons. The summed E-state index contributed by atoms with van der Waals surface area (Å²) in [6.45, 7) is 2.84. The van der Waals surface area contributed by atoms with Crippen molar-refractivity contribution in [3.05, 3.63) is 137 Å². The summed E-state index contributed by atoms with van der Waals surface area (Å²) < 4.78 is 18.7. The van der Waals surface area contributed by atoms with Gasteiger partial charge in [0.15, 0.2) is 5.89 Å². The first-order valence-electron chi connectivity index (χ1n) is 12.9. The van der Waals surface area contributed by atoms with Gasteiger partial charge in [-0.1, -0.05) is 97.9 Å².